The molecule has 1 aromatic heterocycles. The highest BCUT2D eigenvalue weighted by Gasteiger charge is 2.46. The molecule has 1 fully saturated rings. The van der Waals surface area contributed by atoms with E-state index in [9.17, 15) is 28.4 Å². The van der Waals surface area contributed by atoms with Crippen LogP contribution in [0, 0.1) is 20.9 Å². The van der Waals surface area contributed by atoms with E-state index in [4.69, 9.17) is 0 Å². The Balaban J connectivity index is 1.25. The smallest absolute Gasteiger partial charge is 0.335 e. The topological polar surface area (TPSA) is 165 Å². The molecule has 2 aliphatic heterocycles. The number of carbonyl (C=O) groups is 1. The van der Waals surface area contributed by atoms with Gasteiger partial charge in [0, 0.05) is 66.9 Å². The van der Waals surface area contributed by atoms with Crippen molar-refractivity contribution in [2.24, 2.45) is 10.8 Å². The lowest BCUT2D eigenvalue weighted by Gasteiger charge is -2.51. The van der Waals surface area contributed by atoms with E-state index in [0.717, 1.165) is 17.6 Å². The van der Waals surface area contributed by atoms with Crippen LogP contribution in [0.5, 0.6) is 0 Å². The minimum absolute atomic E-state index is 0.0563. The van der Waals surface area contributed by atoms with Gasteiger partial charge in [-0.15, -0.1) is 5.10 Å². The Morgan fingerprint density at radius 1 is 1.02 bits per heavy atom. The Morgan fingerprint density at radius 3 is 2.41 bits per heavy atom. The van der Waals surface area contributed by atoms with Gasteiger partial charge >= 0.3 is 5.97 Å². The van der Waals surface area contributed by atoms with Gasteiger partial charge in [0.1, 0.15) is 0 Å². The van der Waals surface area contributed by atoms with Crippen LogP contribution in [0.4, 0.5) is 11.4 Å². The second-order valence-electron chi connectivity index (χ2n) is 13.1. The van der Waals surface area contributed by atoms with Crippen LogP contribution in [0.25, 0.3) is 17.0 Å². The first-order valence-corrected chi connectivity index (χ1v) is 17.1. The molecule has 0 amide bonds. The molecular formula is C32H37N7O6S. The summed E-state index contributed by atoms with van der Waals surface area (Å²) in [4.78, 5) is 27.2. The van der Waals surface area contributed by atoms with Gasteiger partial charge in [0.2, 0.25) is 0 Å². The van der Waals surface area contributed by atoms with Crippen LogP contribution in [0.15, 0.2) is 60.2 Å². The molecule has 0 saturated carbocycles. The third-order valence-electron chi connectivity index (χ3n) is 9.59. The lowest BCUT2D eigenvalue weighted by molar-refractivity contribution is -0.384. The van der Waals surface area contributed by atoms with Crippen LogP contribution in [-0.4, -0.2) is 93.8 Å². The van der Waals surface area contributed by atoms with E-state index in [0.29, 0.717) is 56.3 Å². The van der Waals surface area contributed by atoms with Crippen LogP contribution in [0.3, 0.4) is 0 Å². The summed E-state index contributed by atoms with van der Waals surface area (Å²) in [5.74, 6) is -0.288. The zero-order valence-corrected chi connectivity index (χ0v) is 26.9. The van der Waals surface area contributed by atoms with E-state index in [2.05, 4.69) is 58.2 Å². The van der Waals surface area contributed by atoms with Crippen LogP contribution in [-0.2, 0) is 16.4 Å². The zero-order chi connectivity index (χ0) is 32.9. The molecule has 0 unspecified atom stereocenters. The fraction of sp³-hybridized carbons (Fsp3) is 0.438. The van der Waals surface area contributed by atoms with Gasteiger partial charge in [0.15, 0.2) is 15.7 Å². The Morgan fingerprint density at radius 2 is 1.74 bits per heavy atom. The van der Waals surface area contributed by atoms with Crippen molar-refractivity contribution in [2.75, 3.05) is 49.1 Å². The van der Waals surface area contributed by atoms with E-state index in [1.807, 2.05) is 18.2 Å². The molecule has 46 heavy (non-hydrogen) atoms. The monoisotopic (exact) mass is 647 g/mol. The Hall–Kier alpha value is -4.43. The fourth-order valence-electron chi connectivity index (χ4n) is 7.18. The Bertz CT molecular complexity index is 1850. The average Bonchev–Trinajstić information content (AvgIpc) is 3.49. The van der Waals surface area contributed by atoms with Crippen molar-refractivity contribution in [3.8, 4) is 11.4 Å². The van der Waals surface area contributed by atoms with Gasteiger partial charge in [-0.3, -0.25) is 15.0 Å². The number of non-ortho nitro benzene ring substituents is 1. The maximum atomic E-state index is 12.1. The predicted molar refractivity (Wildman–Crippen MR) is 173 cm³/mol. The molecule has 1 aliphatic carbocycles. The third kappa shape index (κ3) is 6.06. The van der Waals surface area contributed by atoms with Gasteiger partial charge < -0.3 is 10.0 Å². The first kappa shape index (κ1) is 31.5. The Kier molecular flexibility index (Phi) is 8.05. The van der Waals surface area contributed by atoms with Crippen LogP contribution < -0.4 is 4.90 Å². The number of aromatic nitrogens is 4. The number of allylic oxidation sites excluding steroid dienone is 2. The second kappa shape index (κ2) is 11.7. The SMILES string of the molecule is CC1(C)C(c2ccc(C(=O)O)cc2)=CC[C@]2(C)CN(c3cc(-c4nnnn4CCN4CCS(=O)(=O)CC4)cc([N+](=O)[O-])c3)CC=C12. The highest BCUT2D eigenvalue weighted by atomic mass is 32.2. The second-order valence-corrected chi connectivity index (χ2v) is 15.4. The summed E-state index contributed by atoms with van der Waals surface area (Å²) in [5.41, 5.74) is 4.32. The van der Waals surface area contributed by atoms with E-state index in [1.54, 1.807) is 22.9 Å². The maximum Gasteiger partial charge on any atom is 0.335 e. The average molecular weight is 648 g/mol. The van der Waals surface area contributed by atoms with Crippen molar-refractivity contribution >= 4 is 32.8 Å². The summed E-state index contributed by atoms with van der Waals surface area (Å²) in [7, 11) is -2.99. The van der Waals surface area contributed by atoms with Crippen molar-refractivity contribution in [3.05, 3.63) is 81.4 Å². The maximum absolute atomic E-state index is 12.1. The summed E-state index contributed by atoms with van der Waals surface area (Å²) in [6.45, 7) is 9.69. The van der Waals surface area contributed by atoms with Crippen LogP contribution in [0.1, 0.15) is 43.1 Å². The number of rotatable bonds is 8. The molecule has 2 aromatic carbocycles. The number of carboxylic acid groups (broad SMARTS) is 1. The normalized spacial score (nSPS) is 22.5. The van der Waals surface area contributed by atoms with Gasteiger partial charge in [0.25, 0.3) is 5.69 Å². The molecule has 1 atom stereocenters. The number of sulfone groups is 1. The quantitative estimate of drug-likeness (QED) is 0.214. The summed E-state index contributed by atoms with van der Waals surface area (Å²) in [6, 6.07) is 12.0. The molecule has 13 nitrogen and oxygen atoms in total. The Labute approximate surface area is 267 Å². The van der Waals surface area contributed by atoms with Crippen molar-refractivity contribution in [2.45, 2.75) is 33.7 Å². The number of aromatic carboxylic acids is 1. The van der Waals surface area contributed by atoms with Crippen molar-refractivity contribution in [1.29, 1.82) is 0 Å². The standard InChI is InChI=1S/C32H37N7O6S/c1-31(2)27(22-4-6-23(7-5-22)30(40)41)8-10-32(3)21-37(11-9-28(31)32)25-18-24(19-26(20-25)39(42)43)29-33-34-35-38(29)13-12-36-14-16-46(44,45)17-15-36/h4-9,18-20H,10-17,21H2,1-3H3,(H,40,41)/t32-/m1/s1. The van der Waals surface area contributed by atoms with Gasteiger partial charge in [-0.25, -0.2) is 17.9 Å². The first-order valence-electron chi connectivity index (χ1n) is 15.2. The summed E-state index contributed by atoms with van der Waals surface area (Å²) in [6.07, 6.45) is 5.22. The van der Waals surface area contributed by atoms with Crippen LogP contribution >= 0.6 is 0 Å². The molecule has 3 aromatic rings. The molecule has 3 aliphatic rings. The molecular weight excluding hydrogens is 610 g/mol. The lowest BCUT2D eigenvalue weighted by Crippen LogP contribution is -2.47. The largest absolute Gasteiger partial charge is 0.478 e. The van der Waals surface area contributed by atoms with Gasteiger partial charge in [-0.1, -0.05) is 50.6 Å². The number of anilines is 1. The van der Waals surface area contributed by atoms with E-state index >= 15 is 0 Å². The van der Waals surface area contributed by atoms with Crippen molar-refractivity contribution in [3.63, 3.8) is 0 Å². The first-order chi connectivity index (χ1) is 21.8. The third-order valence-corrected chi connectivity index (χ3v) is 11.2. The fourth-order valence-corrected chi connectivity index (χ4v) is 8.46. The van der Waals surface area contributed by atoms with Crippen molar-refractivity contribution < 1.29 is 23.2 Å². The molecule has 0 spiro atoms. The molecule has 1 N–H and O–H groups in total. The highest BCUT2D eigenvalue weighted by Crippen LogP contribution is 2.55. The summed E-state index contributed by atoms with van der Waals surface area (Å²) in [5, 5.41) is 33.6. The van der Waals surface area contributed by atoms with Crippen LogP contribution in [0.2, 0.25) is 0 Å². The minimum Gasteiger partial charge on any atom is -0.478 e. The van der Waals surface area contributed by atoms with Gasteiger partial charge in [-0.2, -0.15) is 0 Å². The van der Waals surface area contributed by atoms with E-state index < -0.39 is 20.7 Å². The lowest BCUT2D eigenvalue weighted by atomic mass is 9.58. The minimum atomic E-state index is -2.99. The number of nitro groups is 1. The summed E-state index contributed by atoms with van der Waals surface area (Å²) < 4.78 is 25.2. The molecule has 0 radical (unpaired) electrons. The zero-order valence-electron chi connectivity index (χ0n) is 26.1. The number of nitro benzene ring substituents is 1. The highest BCUT2D eigenvalue weighted by molar-refractivity contribution is 7.91. The molecule has 1 saturated heterocycles. The number of hydrogen-bond donors (Lipinski definition) is 1. The molecule has 3 heterocycles. The number of hydrogen-bond acceptors (Lipinski definition) is 10. The number of fused-ring (bicyclic) bond motifs is 1. The predicted octanol–water partition coefficient (Wildman–Crippen LogP) is 3.94. The van der Waals surface area contributed by atoms with E-state index in [1.165, 1.54) is 11.6 Å². The van der Waals surface area contributed by atoms with Crippen molar-refractivity contribution in [1.82, 2.24) is 25.1 Å². The number of benzene rings is 2. The van der Waals surface area contributed by atoms with Gasteiger partial charge in [0.05, 0.1) is 28.5 Å². The number of tetrazole rings is 1. The van der Waals surface area contributed by atoms with E-state index in [-0.39, 0.29) is 33.6 Å². The molecule has 242 valence electrons. The molecule has 6 rings (SSSR count). The van der Waals surface area contributed by atoms with Gasteiger partial charge in [-0.05, 0) is 46.2 Å². The number of nitrogens with zero attached hydrogens (tertiary/aromatic N) is 7. The summed E-state index contributed by atoms with van der Waals surface area (Å²) >= 11 is 0. The molecule has 0 bridgehead atoms. The molecule has 14 heteroatoms. The number of carboxylic acids is 1.